The molecule has 3 rings (SSSR count). The van der Waals surface area contributed by atoms with Gasteiger partial charge in [0, 0.05) is 17.3 Å². The van der Waals surface area contributed by atoms with E-state index >= 15 is 0 Å². The minimum absolute atomic E-state index is 0.219. The molecule has 0 N–H and O–H groups in total. The van der Waals surface area contributed by atoms with Crippen LogP contribution in [0.5, 0.6) is 0 Å². The normalized spacial score (nSPS) is 17.4. The van der Waals surface area contributed by atoms with Crippen LogP contribution in [-0.2, 0) is 14.3 Å². The molecule has 1 amide bonds. The number of rotatable bonds is 3. The Morgan fingerprint density at radius 3 is 2.68 bits per heavy atom. The standard InChI is InChI=1S/C17H12ClN3O3S/c1-24-15(22)10-13-16(23)21(12-7-5-11(18)6-8-12)17(25-13)20-14-4-2-3-9-19-14/h2-10H,1H3/b13-10+,20-17?. The van der Waals surface area contributed by atoms with E-state index in [9.17, 15) is 9.59 Å². The van der Waals surface area contributed by atoms with Gasteiger partial charge in [-0.1, -0.05) is 17.7 Å². The lowest BCUT2D eigenvalue weighted by atomic mass is 10.3. The van der Waals surface area contributed by atoms with Crippen LogP contribution in [0.3, 0.4) is 0 Å². The number of amidine groups is 1. The molecule has 0 unspecified atom stereocenters. The lowest BCUT2D eigenvalue weighted by Crippen LogP contribution is -2.28. The predicted molar refractivity (Wildman–Crippen MR) is 98.0 cm³/mol. The number of nitrogens with zero attached hydrogens (tertiary/aromatic N) is 3. The van der Waals surface area contributed by atoms with Gasteiger partial charge >= 0.3 is 5.97 Å². The first-order valence-corrected chi connectivity index (χ1v) is 8.35. The first kappa shape index (κ1) is 17.2. The van der Waals surface area contributed by atoms with Gasteiger partial charge < -0.3 is 4.74 Å². The number of hydrogen-bond acceptors (Lipinski definition) is 6. The third-order valence-corrected chi connectivity index (χ3v) is 4.42. The summed E-state index contributed by atoms with van der Waals surface area (Å²) in [5, 5.41) is 0.942. The predicted octanol–water partition coefficient (Wildman–Crippen LogP) is 3.56. The molecule has 2 heterocycles. The van der Waals surface area contributed by atoms with E-state index < -0.39 is 5.97 Å². The van der Waals surface area contributed by atoms with Gasteiger partial charge in [-0.25, -0.2) is 14.8 Å². The van der Waals surface area contributed by atoms with Crippen LogP contribution >= 0.6 is 23.4 Å². The third-order valence-electron chi connectivity index (χ3n) is 3.20. The SMILES string of the molecule is COC(=O)/C=C1/SC(=Nc2ccccn2)N(c2ccc(Cl)cc2)C1=O. The van der Waals surface area contributed by atoms with Crippen LogP contribution in [0.4, 0.5) is 11.5 Å². The highest BCUT2D eigenvalue weighted by atomic mass is 35.5. The summed E-state index contributed by atoms with van der Waals surface area (Å²) in [7, 11) is 1.25. The maximum atomic E-state index is 12.7. The fraction of sp³-hybridized carbons (Fsp3) is 0.0588. The Labute approximate surface area is 153 Å². The highest BCUT2D eigenvalue weighted by molar-refractivity contribution is 8.19. The van der Waals surface area contributed by atoms with Gasteiger partial charge in [0.15, 0.2) is 11.0 Å². The van der Waals surface area contributed by atoms with E-state index in [-0.39, 0.29) is 10.8 Å². The van der Waals surface area contributed by atoms with E-state index in [1.54, 1.807) is 48.7 Å². The molecule has 1 aliphatic rings. The number of anilines is 1. The van der Waals surface area contributed by atoms with Crippen molar-refractivity contribution in [3.05, 3.63) is 64.7 Å². The minimum atomic E-state index is -0.606. The molecule has 2 aromatic rings. The molecule has 0 saturated carbocycles. The number of pyridine rings is 1. The van der Waals surface area contributed by atoms with Gasteiger partial charge in [0.1, 0.15) is 0 Å². The summed E-state index contributed by atoms with van der Waals surface area (Å²) >= 11 is 6.99. The zero-order chi connectivity index (χ0) is 17.8. The monoisotopic (exact) mass is 373 g/mol. The maximum Gasteiger partial charge on any atom is 0.331 e. The third kappa shape index (κ3) is 3.89. The Bertz CT molecular complexity index is 866. The highest BCUT2D eigenvalue weighted by Crippen LogP contribution is 2.36. The van der Waals surface area contributed by atoms with Crippen LogP contribution in [0.1, 0.15) is 0 Å². The molecule has 1 aromatic heterocycles. The van der Waals surface area contributed by atoms with E-state index in [4.69, 9.17) is 11.6 Å². The Balaban J connectivity index is 2.05. The van der Waals surface area contributed by atoms with Gasteiger partial charge in [-0.05, 0) is 48.2 Å². The second kappa shape index (κ2) is 7.50. The zero-order valence-electron chi connectivity index (χ0n) is 13.0. The number of thioether (sulfide) groups is 1. The number of esters is 1. The average molecular weight is 374 g/mol. The maximum absolute atomic E-state index is 12.7. The van der Waals surface area contributed by atoms with Crippen molar-refractivity contribution in [2.24, 2.45) is 4.99 Å². The first-order chi connectivity index (χ1) is 12.1. The number of ether oxygens (including phenoxy) is 1. The molecule has 0 bridgehead atoms. The van der Waals surface area contributed by atoms with Gasteiger partial charge in [0.2, 0.25) is 0 Å². The average Bonchev–Trinajstić information content (AvgIpc) is 2.92. The molecule has 0 spiro atoms. The van der Waals surface area contributed by atoms with Crippen LogP contribution in [0.25, 0.3) is 0 Å². The molecule has 8 heteroatoms. The summed E-state index contributed by atoms with van der Waals surface area (Å²) in [5.74, 6) is -0.519. The molecule has 0 radical (unpaired) electrons. The number of carbonyl (C=O) groups is 2. The van der Waals surface area contributed by atoms with Gasteiger partial charge in [0.25, 0.3) is 5.91 Å². The second-order valence-electron chi connectivity index (χ2n) is 4.83. The molecule has 0 aliphatic carbocycles. The van der Waals surface area contributed by atoms with E-state index in [1.807, 2.05) is 0 Å². The lowest BCUT2D eigenvalue weighted by Gasteiger charge is -2.15. The summed E-state index contributed by atoms with van der Waals surface area (Å²) in [4.78, 5) is 34.4. The number of methoxy groups -OCH3 is 1. The van der Waals surface area contributed by atoms with E-state index in [0.717, 1.165) is 17.8 Å². The van der Waals surface area contributed by atoms with Crippen LogP contribution in [0.2, 0.25) is 5.02 Å². The molecule has 1 aliphatic heterocycles. The Morgan fingerprint density at radius 1 is 1.28 bits per heavy atom. The number of carbonyl (C=O) groups excluding carboxylic acids is 2. The van der Waals surface area contributed by atoms with Crippen molar-refractivity contribution < 1.29 is 14.3 Å². The van der Waals surface area contributed by atoms with Crippen molar-refractivity contribution in [3.8, 4) is 0 Å². The number of hydrogen-bond donors (Lipinski definition) is 0. The van der Waals surface area contributed by atoms with Gasteiger partial charge in [0.05, 0.1) is 17.7 Å². The molecular weight excluding hydrogens is 362 g/mol. The number of amides is 1. The fourth-order valence-corrected chi connectivity index (χ4v) is 3.13. The molecule has 1 aromatic carbocycles. The summed E-state index contributed by atoms with van der Waals surface area (Å²) < 4.78 is 4.60. The molecule has 25 heavy (non-hydrogen) atoms. The Hall–Kier alpha value is -2.64. The number of aliphatic imine (C=N–C) groups is 1. The van der Waals surface area contributed by atoms with E-state index in [0.29, 0.717) is 21.7 Å². The van der Waals surface area contributed by atoms with E-state index in [1.165, 1.54) is 12.0 Å². The summed E-state index contributed by atoms with van der Waals surface area (Å²) in [5.41, 5.74) is 0.588. The lowest BCUT2D eigenvalue weighted by molar-refractivity contribution is -0.135. The molecular formula is C17H12ClN3O3S. The van der Waals surface area contributed by atoms with Gasteiger partial charge in [-0.3, -0.25) is 9.69 Å². The quantitative estimate of drug-likeness (QED) is 0.607. The van der Waals surface area contributed by atoms with Crippen LogP contribution < -0.4 is 4.90 Å². The molecule has 1 fully saturated rings. The molecule has 0 atom stereocenters. The van der Waals surface area contributed by atoms with Gasteiger partial charge in [-0.15, -0.1) is 0 Å². The molecule has 1 saturated heterocycles. The minimum Gasteiger partial charge on any atom is -0.466 e. The first-order valence-electron chi connectivity index (χ1n) is 7.16. The van der Waals surface area contributed by atoms with Crippen LogP contribution in [-0.4, -0.2) is 29.1 Å². The van der Waals surface area contributed by atoms with Crippen molar-refractivity contribution in [2.75, 3.05) is 12.0 Å². The smallest absolute Gasteiger partial charge is 0.331 e. The second-order valence-corrected chi connectivity index (χ2v) is 6.28. The van der Waals surface area contributed by atoms with Crippen molar-refractivity contribution in [1.29, 1.82) is 0 Å². The number of aromatic nitrogens is 1. The van der Waals surface area contributed by atoms with Crippen LogP contribution in [0, 0.1) is 0 Å². The largest absolute Gasteiger partial charge is 0.466 e. The van der Waals surface area contributed by atoms with Crippen molar-refractivity contribution in [2.45, 2.75) is 0 Å². The fourth-order valence-electron chi connectivity index (χ4n) is 2.05. The number of benzene rings is 1. The molecule has 126 valence electrons. The molecule has 6 nitrogen and oxygen atoms in total. The van der Waals surface area contributed by atoms with Gasteiger partial charge in [-0.2, -0.15) is 0 Å². The van der Waals surface area contributed by atoms with E-state index in [2.05, 4.69) is 14.7 Å². The van der Waals surface area contributed by atoms with Crippen molar-refractivity contribution in [3.63, 3.8) is 0 Å². The Kier molecular flexibility index (Phi) is 5.16. The van der Waals surface area contributed by atoms with Crippen molar-refractivity contribution in [1.82, 2.24) is 4.98 Å². The zero-order valence-corrected chi connectivity index (χ0v) is 14.6. The summed E-state index contributed by atoms with van der Waals surface area (Å²) in [6, 6.07) is 12.1. The number of halogens is 1. The van der Waals surface area contributed by atoms with Crippen molar-refractivity contribution >= 4 is 51.9 Å². The summed E-state index contributed by atoms with van der Waals surface area (Å²) in [6.45, 7) is 0. The Morgan fingerprint density at radius 2 is 2.04 bits per heavy atom. The highest BCUT2D eigenvalue weighted by Gasteiger charge is 2.35. The van der Waals surface area contributed by atoms with Crippen LogP contribution in [0.15, 0.2) is 64.6 Å². The topological polar surface area (TPSA) is 71.9 Å². The summed E-state index contributed by atoms with van der Waals surface area (Å²) in [6.07, 6.45) is 2.76.